The van der Waals surface area contributed by atoms with Gasteiger partial charge in [0.2, 0.25) is 0 Å². The van der Waals surface area contributed by atoms with Gasteiger partial charge in [0.25, 0.3) is 0 Å². The summed E-state index contributed by atoms with van der Waals surface area (Å²) in [6.45, 7) is 1.71. The molecule has 1 atom stereocenters. The Morgan fingerprint density at radius 2 is 2.45 bits per heavy atom. The molecule has 0 saturated carbocycles. The van der Waals surface area contributed by atoms with Crippen molar-refractivity contribution in [1.29, 1.82) is 0 Å². The van der Waals surface area contributed by atoms with Crippen LogP contribution in [-0.4, -0.2) is 11.2 Å². The molecule has 0 spiro atoms. The Bertz CT molecular complexity index is 252. The topological polar surface area (TPSA) is 20.2 Å². The second kappa shape index (κ2) is 3.90. The average molecular weight is 189 g/mol. The smallest absolute Gasteiger partial charge is 0.0696 e. The first kappa shape index (κ1) is 8.78. The van der Waals surface area contributed by atoms with E-state index in [2.05, 4.69) is 0 Å². The Labute approximate surface area is 74.9 Å². The molecule has 0 amide bonds. The van der Waals surface area contributed by atoms with Crippen molar-refractivity contribution in [3.63, 3.8) is 0 Å². The van der Waals surface area contributed by atoms with Gasteiger partial charge in [-0.3, -0.25) is 0 Å². The minimum Gasteiger partial charge on any atom is -0.389 e. The largest absolute Gasteiger partial charge is 0.389 e. The molecule has 1 heterocycles. The number of rotatable bonds is 2. The van der Waals surface area contributed by atoms with Gasteiger partial charge in [-0.05, 0) is 19.1 Å². The fourth-order valence-corrected chi connectivity index (χ4v) is 1.63. The Kier molecular flexibility index (Phi) is 3.12. The van der Waals surface area contributed by atoms with E-state index in [1.54, 1.807) is 24.3 Å². The van der Waals surface area contributed by atoms with Crippen LogP contribution in [-0.2, 0) is 0 Å². The van der Waals surface area contributed by atoms with Gasteiger partial charge in [-0.1, -0.05) is 17.7 Å². The fourth-order valence-electron chi connectivity index (χ4n) is 0.650. The molecule has 0 aliphatic heterocycles. The number of aliphatic hydroxyl groups excluding tert-OH is 1. The van der Waals surface area contributed by atoms with Crippen LogP contribution in [0.1, 0.15) is 11.8 Å². The molecule has 0 aliphatic rings. The summed E-state index contributed by atoms with van der Waals surface area (Å²) in [7, 11) is 0. The molecule has 1 rings (SSSR count). The Balaban J connectivity index is 2.64. The molecular formula is C8H9ClOS. The van der Waals surface area contributed by atoms with Gasteiger partial charge in [-0.15, -0.1) is 11.3 Å². The molecule has 11 heavy (non-hydrogen) atoms. The van der Waals surface area contributed by atoms with E-state index in [1.807, 2.05) is 17.5 Å². The van der Waals surface area contributed by atoms with Gasteiger partial charge in [0.05, 0.1) is 11.1 Å². The quantitative estimate of drug-likeness (QED) is 0.757. The first-order valence-electron chi connectivity index (χ1n) is 3.29. The SMILES string of the molecule is CC(O)/C=C/c1cc(Cl)cs1. The van der Waals surface area contributed by atoms with Crippen molar-refractivity contribution in [2.45, 2.75) is 13.0 Å². The third-order valence-electron chi connectivity index (χ3n) is 1.13. The molecule has 0 bridgehead atoms. The molecule has 60 valence electrons. The molecule has 1 N–H and O–H groups in total. The van der Waals surface area contributed by atoms with E-state index in [1.165, 1.54) is 0 Å². The van der Waals surface area contributed by atoms with Crippen LogP contribution in [0.5, 0.6) is 0 Å². The Morgan fingerprint density at radius 1 is 1.73 bits per heavy atom. The first-order valence-corrected chi connectivity index (χ1v) is 4.54. The molecular weight excluding hydrogens is 180 g/mol. The zero-order valence-electron chi connectivity index (χ0n) is 6.12. The van der Waals surface area contributed by atoms with Crippen LogP contribution in [0.3, 0.4) is 0 Å². The molecule has 0 radical (unpaired) electrons. The highest BCUT2D eigenvalue weighted by Crippen LogP contribution is 2.20. The maximum atomic E-state index is 8.91. The second-order valence-corrected chi connectivity index (χ2v) is 3.65. The molecule has 3 heteroatoms. The lowest BCUT2D eigenvalue weighted by Crippen LogP contribution is -1.90. The van der Waals surface area contributed by atoms with Gasteiger partial charge in [0.15, 0.2) is 0 Å². The van der Waals surface area contributed by atoms with Crippen LogP contribution in [0.4, 0.5) is 0 Å². The zero-order valence-corrected chi connectivity index (χ0v) is 7.69. The summed E-state index contributed by atoms with van der Waals surface area (Å²) >= 11 is 7.25. The molecule has 0 saturated heterocycles. The maximum absolute atomic E-state index is 8.91. The highest BCUT2D eigenvalue weighted by Gasteiger charge is 1.92. The highest BCUT2D eigenvalue weighted by molar-refractivity contribution is 7.11. The normalized spacial score (nSPS) is 14.1. The van der Waals surface area contributed by atoms with Gasteiger partial charge in [0.1, 0.15) is 0 Å². The molecule has 1 aromatic rings. The first-order chi connectivity index (χ1) is 5.18. The lowest BCUT2D eigenvalue weighted by molar-refractivity contribution is 0.245. The summed E-state index contributed by atoms with van der Waals surface area (Å²) in [5, 5.41) is 11.5. The van der Waals surface area contributed by atoms with Gasteiger partial charge >= 0.3 is 0 Å². The lowest BCUT2D eigenvalue weighted by atomic mass is 10.3. The van der Waals surface area contributed by atoms with E-state index in [4.69, 9.17) is 16.7 Å². The lowest BCUT2D eigenvalue weighted by Gasteiger charge is -1.90. The standard InChI is InChI=1S/C8H9ClOS/c1-6(10)2-3-8-4-7(9)5-11-8/h2-6,10H,1H3/b3-2+. The van der Waals surface area contributed by atoms with Crippen LogP contribution < -0.4 is 0 Å². The van der Waals surface area contributed by atoms with Crippen molar-refractivity contribution in [2.75, 3.05) is 0 Å². The van der Waals surface area contributed by atoms with Crippen molar-refractivity contribution in [2.24, 2.45) is 0 Å². The van der Waals surface area contributed by atoms with Crippen LogP contribution >= 0.6 is 22.9 Å². The number of hydrogen-bond acceptors (Lipinski definition) is 2. The van der Waals surface area contributed by atoms with Crippen molar-refractivity contribution in [3.05, 3.63) is 27.4 Å². The Hall–Kier alpha value is -0.310. The van der Waals surface area contributed by atoms with Crippen molar-refractivity contribution >= 4 is 29.0 Å². The van der Waals surface area contributed by atoms with E-state index in [0.29, 0.717) is 0 Å². The van der Waals surface area contributed by atoms with Crippen molar-refractivity contribution in [1.82, 2.24) is 0 Å². The molecule has 1 nitrogen and oxygen atoms in total. The number of hydrogen-bond donors (Lipinski definition) is 1. The molecule has 1 aromatic heterocycles. The number of aliphatic hydroxyl groups is 1. The summed E-state index contributed by atoms with van der Waals surface area (Å²) in [6, 6.07) is 1.87. The van der Waals surface area contributed by atoms with Gasteiger partial charge in [-0.2, -0.15) is 0 Å². The van der Waals surface area contributed by atoms with Gasteiger partial charge < -0.3 is 5.11 Å². The second-order valence-electron chi connectivity index (χ2n) is 2.27. The monoisotopic (exact) mass is 188 g/mol. The van der Waals surface area contributed by atoms with E-state index < -0.39 is 6.10 Å². The third-order valence-corrected chi connectivity index (χ3v) is 2.37. The molecule has 1 unspecified atom stereocenters. The van der Waals surface area contributed by atoms with Crippen molar-refractivity contribution in [3.8, 4) is 0 Å². The minimum atomic E-state index is -0.393. The van der Waals surface area contributed by atoms with E-state index in [-0.39, 0.29) is 0 Å². The average Bonchev–Trinajstić information content (AvgIpc) is 2.31. The Morgan fingerprint density at radius 3 is 2.91 bits per heavy atom. The minimum absolute atomic E-state index is 0.393. The molecule has 0 aliphatic carbocycles. The maximum Gasteiger partial charge on any atom is 0.0696 e. The number of thiophene rings is 1. The molecule has 0 aromatic carbocycles. The van der Waals surface area contributed by atoms with Gasteiger partial charge in [-0.25, -0.2) is 0 Å². The number of halogens is 1. The van der Waals surface area contributed by atoms with E-state index in [9.17, 15) is 0 Å². The van der Waals surface area contributed by atoms with Crippen LogP contribution in [0.2, 0.25) is 5.02 Å². The summed E-state index contributed by atoms with van der Waals surface area (Å²) in [6.07, 6.45) is 3.19. The zero-order chi connectivity index (χ0) is 8.27. The summed E-state index contributed by atoms with van der Waals surface area (Å²) in [5.74, 6) is 0. The predicted octanol–water partition coefficient (Wildman–Crippen LogP) is 2.80. The van der Waals surface area contributed by atoms with E-state index >= 15 is 0 Å². The van der Waals surface area contributed by atoms with Gasteiger partial charge in [0, 0.05) is 10.3 Å². The molecule has 0 fully saturated rings. The van der Waals surface area contributed by atoms with Crippen LogP contribution in [0.15, 0.2) is 17.5 Å². The third kappa shape index (κ3) is 3.06. The summed E-state index contributed by atoms with van der Waals surface area (Å²) < 4.78 is 0. The van der Waals surface area contributed by atoms with Crippen molar-refractivity contribution < 1.29 is 5.11 Å². The highest BCUT2D eigenvalue weighted by atomic mass is 35.5. The van der Waals surface area contributed by atoms with Crippen LogP contribution in [0.25, 0.3) is 6.08 Å². The van der Waals surface area contributed by atoms with E-state index in [0.717, 1.165) is 9.90 Å². The van der Waals surface area contributed by atoms with Crippen LogP contribution in [0, 0.1) is 0 Å². The predicted molar refractivity (Wildman–Crippen MR) is 50.0 cm³/mol. The summed E-state index contributed by atoms with van der Waals surface area (Å²) in [5.41, 5.74) is 0. The fraction of sp³-hybridized carbons (Fsp3) is 0.250. The summed E-state index contributed by atoms with van der Waals surface area (Å²) in [4.78, 5) is 1.07.